The standard InChI is InChI=1S/C16H15BrCl2O2/c1-9(2)12-8-11(4-5-15(12)20-3)21-16-13(18)6-10(17)7-14(16)19/h4-9H,1-3H3. The van der Waals surface area contributed by atoms with Gasteiger partial charge < -0.3 is 9.47 Å². The first-order chi connectivity index (χ1) is 9.92. The van der Waals surface area contributed by atoms with Gasteiger partial charge in [0.25, 0.3) is 0 Å². The predicted molar refractivity (Wildman–Crippen MR) is 91.3 cm³/mol. The van der Waals surface area contributed by atoms with E-state index in [1.807, 2.05) is 18.2 Å². The van der Waals surface area contributed by atoms with Crippen molar-refractivity contribution in [2.75, 3.05) is 7.11 Å². The fourth-order valence-corrected chi connectivity index (χ4v) is 3.26. The van der Waals surface area contributed by atoms with Gasteiger partial charge in [-0.2, -0.15) is 0 Å². The molecule has 0 amide bonds. The van der Waals surface area contributed by atoms with Gasteiger partial charge in [-0.15, -0.1) is 0 Å². The molecule has 2 nitrogen and oxygen atoms in total. The molecule has 2 aromatic rings. The van der Waals surface area contributed by atoms with Gasteiger partial charge in [-0.05, 0) is 36.2 Å². The van der Waals surface area contributed by atoms with E-state index in [1.165, 1.54) is 0 Å². The molecule has 112 valence electrons. The van der Waals surface area contributed by atoms with Crippen LogP contribution in [-0.4, -0.2) is 7.11 Å². The number of hydrogen-bond acceptors (Lipinski definition) is 2. The van der Waals surface area contributed by atoms with Crippen molar-refractivity contribution < 1.29 is 9.47 Å². The van der Waals surface area contributed by atoms with Crippen molar-refractivity contribution in [2.45, 2.75) is 19.8 Å². The van der Waals surface area contributed by atoms with E-state index in [4.69, 9.17) is 32.7 Å². The fourth-order valence-electron chi connectivity index (χ4n) is 1.97. The number of halogens is 3. The van der Waals surface area contributed by atoms with Gasteiger partial charge in [-0.3, -0.25) is 0 Å². The molecule has 2 rings (SSSR count). The summed E-state index contributed by atoms with van der Waals surface area (Å²) in [5.74, 6) is 2.27. The van der Waals surface area contributed by atoms with Gasteiger partial charge in [0, 0.05) is 10.0 Å². The van der Waals surface area contributed by atoms with Gasteiger partial charge in [-0.25, -0.2) is 0 Å². The highest BCUT2D eigenvalue weighted by Crippen LogP contribution is 2.40. The molecule has 0 aliphatic heterocycles. The molecular formula is C16H15BrCl2O2. The summed E-state index contributed by atoms with van der Waals surface area (Å²) in [7, 11) is 1.66. The SMILES string of the molecule is COc1ccc(Oc2c(Cl)cc(Br)cc2Cl)cc1C(C)C. The van der Waals surface area contributed by atoms with Crippen LogP contribution in [0.15, 0.2) is 34.8 Å². The Balaban J connectivity index is 2.39. The number of benzene rings is 2. The first-order valence-electron chi connectivity index (χ1n) is 6.42. The van der Waals surface area contributed by atoms with E-state index < -0.39 is 0 Å². The first kappa shape index (κ1) is 16.5. The van der Waals surface area contributed by atoms with Crippen LogP contribution in [0.3, 0.4) is 0 Å². The molecule has 21 heavy (non-hydrogen) atoms. The number of ether oxygens (including phenoxy) is 2. The van der Waals surface area contributed by atoms with E-state index in [-0.39, 0.29) is 0 Å². The van der Waals surface area contributed by atoms with Crippen molar-refractivity contribution in [3.8, 4) is 17.2 Å². The van der Waals surface area contributed by atoms with Crippen molar-refractivity contribution in [2.24, 2.45) is 0 Å². The highest BCUT2D eigenvalue weighted by Gasteiger charge is 2.13. The topological polar surface area (TPSA) is 18.5 Å². The third-order valence-corrected chi connectivity index (χ3v) is 4.03. The summed E-state index contributed by atoms with van der Waals surface area (Å²) in [6.45, 7) is 4.20. The van der Waals surface area contributed by atoms with Crippen LogP contribution in [0.4, 0.5) is 0 Å². The monoisotopic (exact) mass is 388 g/mol. The van der Waals surface area contributed by atoms with Gasteiger partial charge in [0.05, 0.1) is 17.2 Å². The zero-order valence-electron chi connectivity index (χ0n) is 11.9. The maximum Gasteiger partial charge on any atom is 0.164 e. The first-order valence-corrected chi connectivity index (χ1v) is 7.97. The van der Waals surface area contributed by atoms with E-state index in [0.29, 0.717) is 27.5 Å². The van der Waals surface area contributed by atoms with Crippen molar-refractivity contribution in [1.29, 1.82) is 0 Å². The lowest BCUT2D eigenvalue weighted by Gasteiger charge is -2.15. The van der Waals surface area contributed by atoms with Crippen LogP contribution in [-0.2, 0) is 0 Å². The van der Waals surface area contributed by atoms with Gasteiger partial charge >= 0.3 is 0 Å². The highest BCUT2D eigenvalue weighted by atomic mass is 79.9. The van der Waals surface area contributed by atoms with Crippen molar-refractivity contribution in [3.05, 3.63) is 50.4 Å². The predicted octanol–water partition coefficient (Wildman–Crippen LogP) is 6.68. The lowest BCUT2D eigenvalue weighted by atomic mass is 10.0. The molecule has 0 aliphatic rings. The summed E-state index contributed by atoms with van der Waals surface area (Å²) in [5, 5.41) is 0.910. The zero-order chi connectivity index (χ0) is 15.6. The second-order valence-corrected chi connectivity index (χ2v) is 6.59. The molecule has 0 fully saturated rings. The van der Waals surface area contributed by atoms with Crippen molar-refractivity contribution in [3.63, 3.8) is 0 Å². The molecule has 2 aromatic carbocycles. The van der Waals surface area contributed by atoms with Crippen molar-refractivity contribution >= 4 is 39.1 Å². The fraction of sp³-hybridized carbons (Fsp3) is 0.250. The maximum absolute atomic E-state index is 6.18. The minimum atomic E-state index is 0.319. The van der Waals surface area contributed by atoms with Crippen LogP contribution >= 0.6 is 39.1 Å². The Morgan fingerprint density at radius 2 is 1.67 bits per heavy atom. The number of hydrogen-bond donors (Lipinski definition) is 0. The molecule has 0 aliphatic carbocycles. The summed E-state index contributed by atoms with van der Waals surface area (Å²) in [4.78, 5) is 0. The van der Waals surface area contributed by atoms with Gasteiger partial charge in [0.1, 0.15) is 11.5 Å². The van der Waals surface area contributed by atoms with Crippen LogP contribution < -0.4 is 9.47 Å². The minimum absolute atomic E-state index is 0.319. The normalized spacial score (nSPS) is 10.8. The minimum Gasteiger partial charge on any atom is -0.496 e. The largest absolute Gasteiger partial charge is 0.496 e. The molecule has 0 spiro atoms. The van der Waals surface area contributed by atoms with E-state index >= 15 is 0 Å². The lowest BCUT2D eigenvalue weighted by Crippen LogP contribution is -1.95. The molecule has 5 heteroatoms. The van der Waals surface area contributed by atoms with Crippen LogP contribution in [0.5, 0.6) is 17.2 Å². The molecular weight excluding hydrogens is 375 g/mol. The Morgan fingerprint density at radius 1 is 1.05 bits per heavy atom. The van der Waals surface area contributed by atoms with Gasteiger partial charge in [0.15, 0.2) is 5.75 Å². The zero-order valence-corrected chi connectivity index (χ0v) is 15.0. The molecule has 0 bridgehead atoms. The smallest absolute Gasteiger partial charge is 0.164 e. The molecule has 0 radical (unpaired) electrons. The third kappa shape index (κ3) is 3.85. The average Bonchev–Trinajstić information content (AvgIpc) is 2.42. The molecule has 0 atom stereocenters. The summed E-state index contributed by atoms with van der Waals surface area (Å²) in [5.41, 5.74) is 1.07. The Kier molecular flexibility index (Phi) is 5.42. The van der Waals surface area contributed by atoms with E-state index in [0.717, 1.165) is 15.8 Å². The Hall–Kier alpha value is -0.900. The quantitative estimate of drug-likeness (QED) is 0.580. The summed E-state index contributed by atoms with van der Waals surface area (Å²) < 4.78 is 12.0. The average molecular weight is 390 g/mol. The summed E-state index contributed by atoms with van der Waals surface area (Å²) in [6, 6.07) is 9.15. The molecule has 0 unspecified atom stereocenters. The van der Waals surface area contributed by atoms with E-state index in [9.17, 15) is 0 Å². The van der Waals surface area contributed by atoms with E-state index in [1.54, 1.807) is 19.2 Å². The van der Waals surface area contributed by atoms with Crippen LogP contribution in [0, 0.1) is 0 Å². The van der Waals surface area contributed by atoms with Gasteiger partial charge in [-0.1, -0.05) is 53.0 Å². The second-order valence-electron chi connectivity index (χ2n) is 4.86. The molecule has 0 saturated carbocycles. The van der Waals surface area contributed by atoms with Crippen molar-refractivity contribution in [1.82, 2.24) is 0 Å². The lowest BCUT2D eigenvalue weighted by molar-refractivity contribution is 0.405. The highest BCUT2D eigenvalue weighted by molar-refractivity contribution is 9.10. The maximum atomic E-state index is 6.18. The van der Waals surface area contributed by atoms with Gasteiger partial charge in [0.2, 0.25) is 0 Å². The molecule has 0 aromatic heterocycles. The summed E-state index contributed by atoms with van der Waals surface area (Å²) in [6.07, 6.45) is 0. The third-order valence-electron chi connectivity index (χ3n) is 3.01. The Bertz CT molecular complexity index is 634. The Labute approximate surface area is 143 Å². The Morgan fingerprint density at radius 3 is 2.19 bits per heavy atom. The van der Waals surface area contributed by atoms with Crippen LogP contribution in [0.1, 0.15) is 25.3 Å². The van der Waals surface area contributed by atoms with E-state index in [2.05, 4.69) is 29.8 Å². The second kappa shape index (κ2) is 6.91. The number of methoxy groups -OCH3 is 1. The van der Waals surface area contributed by atoms with Crippen LogP contribution in [0.2, 0.25) is 10.0 Å². The molecule has 0 N–H and O–H groups in total. The number of rotatable bonds is 4. The molecule has 0 heterocycles. The van der Waals surface area contributed by atoms with Crippen LogP contribution in [0.25, 0.3) is 0 Å². The summed E-state index contributed by atoms with van der Waals surface area (Å²) >= 11 is 15.7. The molecule has 0 saturated heterocycles.